The Hall–Kier alpha value is -1.28. The van der Waals surface area contributed by atoms with Gasteiger partial charge in [-0.3, -0.25) is 0 Å². The highest BCUT2D eigenvalue weighted by atomic mass is 16.5. The number of phenols is 1. The molecule has 1 aliphatic rings. The van der Waals surface area contributed by atoms with Crippen LogP contribution in [0.1, 0.15) is 12.0 Å². The van der Waals surface area contributed by atoms with Crippen molar-refractivity contribution in [1.29, 1.82) is 0 Å². The number of hydrogen-bond acceptors (Lipinski definition) is 2. The van der Waals surface area contributed by atoms with Crippen LogP contribution in [0.2, 0.25) is 0 Å². The predicted octanol–water partition coefficient (Wildman–Crippen LogP) is 2.20. The lowest BCUT2D eigenvalue weighted by atomic mass is 10.0. The lowest BCUT2D eigenvalue weighted by Crippen LogP contribution is -2.03. The first-order valence-corrected chi connectivity index (χ1v) is 4.43. The molecule has 0 saturated carbocycles. The molecule has 13 heavy (non-hydrogen) atoms. The van der Waals surface area contributed by atoms with Crippen molar-refractivity contribution in [3.63, 3.8) is 0 Å². The Balaban J connectivity index is 2.34. The van der Waals surface area contributed by atoms with Gasteiger partial charge in [0.25, 0.3) is 0 Å². The molecule has 1 heterocycles. The minimum absolute atomic E-state index is 0.357. The summed E-state index contributed by atoms with van der Waals surface area (Å²) in [5.74, 6) is 0.357. The molecule has 0 unspecified atom stereocenters. The van der Waals surface area contributed by atoms with Crippen LogP contribution in [0, 0.1) is 0 Å². The first-order chi connectivity index (χ1) is 6.38. The van der Waals surface area contributed by atoms with Gasteiger partial charge in [0.15, 0.2) is 0 Å². The number of ether oxygens (including phenoxy) is 1. The van der Waals surface area contributed by atoms with Gasteiger partial charge >= 0.3 is 0 Å². The average molecular weight is 176 g/mol. The highest BCUT2D eigenvalue weighted by Crippen LogP contribution is 2.28. The van der Waals surface area contributed by atoms with Crippen molar-refractivity contribution in [3.05, 3.63) is 35.9 Å². The molecule has 2 heteroatoms. The maximum Gasteiger partial charge on any atom is 0.123 e. The van der Waals surface area contributed by atoms with Gasteiger partial charge in [0, 0.05) is 5.56 Å². The second kappa shape index (κ2) is 3.62. The lowest BCUT2D eigenvalue weighted by Gasteiger charge is -2.14. The molecular formula is C11H12O2. The van der Waals surface area contributed by atoms with Gasteiger partial charge in [0.1, 0.15) is 5.75 Å². The zero-order chi connectivity index (χ0) is 9.10. The Morgan fingerprint density at radius 1 is 1.23 bits per heavy atom. The molecule has 1 aliphatic heterocycles. The molecule has 1 N–H and O–H groups in total. The van der Waals surface area contributed by atoms with Crippen LogP contribution in [0.3, 0.4) is 0 Å². The highest BCUT2D eigenvalue weighted by Gasteiger charge is 2.08. The molecule has 0 aromatic heterocycles. The first kappa shape index (κ1) is 8.32. The van der Waals surface area contributed by atoms with E-state index in [0.717, 1.165) is 18.6 Å². The van der Waals surface area contributed by atoms with Crippen molar-refractivity contribution in [2.75, 3.05) is 13.2 Å². The van der Waals surface area contributed by atoms with E-state index in [1.165, 1.54) is 5.57 Å². The summed E-state index contributed by atoms with van der Waals surface area (Å²) in [5.41, 5.74) is 2.12. The number of aromatic hydroxyl groups is 1. The fourth-order valence-corrected chi connectivity index (χ4v) is 1.52. The van der Waals surface area contributed by atoms with E-state index in [1.54, 1.807) is 6.07 Å². The van der Waals surface area contributed by atoms with E-state index in [1.807, 2.05) is 24.3 Å². The second-order valence-electron chi connectivity index (χ2n) is 3.07. The molecule has 0 amide bonds. The fourth-order valence-electron chi connectivity index (χ4n) is 1.52. The van der Waals surface area contributed by atoms with Gasteiger partial charge in [0.2, 0.25) is 0 Å². The van der Waals surface area contributed by atoms with Crippen LogP contribution in [0.15, 0.2) is 30.3 Å². The van der Waals surface area contributed by atoms with Crippen molar-refractivity contribution >= 4 is 5.57 Å². The Morgan fingerprint density at radius 3 is 2.77 bits per heavy atom. The summed E-state index contributed by atoms with van der Waals surface area (Å²) in [4.78, 5) is 0. The Kier molecular flexibility index (Phi) is 2.32. The van der Waals surface area contributed by atoms with Gasteiger partial charge in [-0.05, 0) is 18.1 Å². The molecule has 0 atom stereocenters. The minimum Gasteiger partial charge on any atom is -0.507 e. The predicted molar refractivity (Wildman–Crippen MR) is 51.5 cm³/mol. The summed E-state index contributed by atoms with van der Waals surface area (Å²) in [6.07, 6.45) is 2.91. The van der Waals surface area contributed by atoms with Crippen molar-refractivity contribution in [2.45, 2.75) is 6.42 Å². The highest BCUT2D eigenvalue weighted by molar-refractivity contribution is 5.70. The van der Waals surface area contributed by atoms with Crippen LogP contribution in [0.5, 0.6) is 5.75 Å². The third-order valence-corrected chi connectivity index (χ3v) is 2.21. The van der Waals surface area contributed by atoms with Crippen LogP contribution in [0.4, 0.5) is 0 Å². The molecule has 1 aromatic rings. The summed E-state index contributed by atoms with van der Waals surface area (Å²) in [6.45, 7) is 1.41. The van der Waals surface area contributed by atoms with Crippen LogP contribution < -0.4 is 0 Å². The molecule has 2 nitrogen and oxygen atoms in total. The van der Waals surface area contributed by atoms with Crippen molar-refractivity contribution in [2.24, 2.45) is 0 Å². The smallest absolute Gasteiger partial charge is 0.123 e. The van der Waals surface area contributed by atoms with Gasteiger partial charge in [-0.25, -0.2) is 0 Å². The van der Waals surface area contributed by atoms with Crippen molar-refractivity contribution < 1.29 is 9.84 Å². The number of benzene rings is 1. The van der Waals surface area contributed by atoms with Crippen LogP contribution in [-0.2, 0) is 4.74 Å². The largest absolute Gasteiger partial charge is 0.507 e. The van der Waals surface area contributed by atoms with Crippen LogP contribution in [-0.4, -0.2) is 18.3 Å². The Morgan fingerprint density at radius 2 is 2.08 bits per heavy atom. The molecule has 1 aromatic carbocycles. The SMILES string of the molecule is Oc1ccccc1C1=CCOCC1. The zero-order valence-corrected chi connectivity index (χ0v) is 7.36. The van der Waals surface area contributed by atoms with Gasteiger partial charge in [-0.2, -0.15) is 0 Å². The summed E-state index contributed by atoms with van der Waals surface area (Å²) in [6, 6.07) is 7.42. The number of rotatable bonds is 1. The lowest BCUT2D eigenvalue weighted by molar-refractivity contribution is 0.161. The standard InChI is InChI=1S/C11H12O2/c12-11-4-2-1-3-10(11)9-5-7-13-8-6-9/h1-5,12H,6-8H2. The maximum atomic E-state index is 9.58. The molecule has 2 rings (SSSR count). The summed E-state index contributed by atoms with van der Waals surface area (Å²) in [7, 11) is 0. The summed E-state index contributed by atoms with van der Waals surface area (Å²) < 4.78 is 5.20. The van der Waals surface area contributed by atoms with E-state index in [-0.39, 0.29) is 0 Å². The molecule has 0 saturated heterocycles. The normalized spacial score (nSPS) is 16.8. The molecule has 68 valence electrons. The van der Waals surface area contributed by atoms with Gasteiger partial charge in [-0.1, -0.05) is 24.3 Å². The zero-order valence-electron chi connectivity index (χ0n) is 7.36. The first-order valence-electron chi connectivity index (χ1n) is 4.43. The van der Waals surface area contributed by atoms with E-state index in [4.69, 9.17) is 4.74 Å². The van der Waals surface area contributed by atoms with E-state index >= 15 is 0 Å². The summed E-state index contributed by atoms with van der Waals surface area (Å²) in [5, 5.41) is 9.58. The van der Waals surface area contributed by atoms with Gasteiger partial charge in [0.05, 0.1) is 13.2 Å². The monoisotopic (exact) mass is 176 g/mol. The van der Waals surface area contributed by atoms with Crippen molar-refractivity contribution in [1.82, 2.24) is 0 Å². The molecule has 0 radical (unpaired) electrons. The van der Waals surface area contributed by atoms with Crippen LogP contribution in [0.25, 0.3) is 5.57 Å². The minimum atomic E-state index is 0.357. The quantitative estimate of drug-likeness (QED) is 0.710. The number of para-hydroxylation sites is 1. The van der Waals surface area contributed by atoms with Gasteiger partial charge in [-0.15, -0.1) is 0 Å². The third kappa shape index (κ3) is 1.73. The second-order valence-corrected chi connectivity index (χ2v) is 3.07. The molecule has 0 bridgehead atoms. The third-order valence-electron chi connectivity index (χ3n) is 2.21. The maximum absolute atomic E-state index is 9.58. The van der Waals surface area contributed by atoms with E-state index in [9.17, 15) is 5.11 Å². The summed E-state index contributed by atoms with van der Waals surface area (Å²) >= 11 is 0. The molecule has 0 aliphatic carbocycles. The van der Waals surface area contributed by atoms with Crippen LogP contribution >= 0.6 is 0 Å². The van der Waals surface area contributed by atoms with Gasteiger partial charge < -0.3 is 9.84 Å². The van der Waals surface area contributed by atoms with E-state index < -0.39 is 0 Å². The molecule has 0 spiro atoms. The topological polar surface area (TPSA) is 29.5 Å². The molecular weight excluding hydrogens is 164 g/mol. The Labute approximate surface area is 77.5 Å². The van der Waals surface area contributed by atoms with E-state index in [2.05, 4.69) is 0 Å². The average Bonchev–Trinajstić information content (AvgIpc) is 2.20. The molecule has 0 fully saturated rings. The number of phenolic OH excluding ortho intramolecular Hbond substituents is 1. The number of hydrogen-bond donors (Lipinski definition) is 1. The Bertz CT molecular complexity index is 329. The van der Waals surface area contributed by atoms with Crippen molar-refractivity contribution in [3.8, 4) is 5.75 Å². The van der Waals surface area contributed by atoms with E-state index in [0.29, 0.717) is 12.4 Å². The fraction of sp³-hybridized carbons (Fsp3) is 0.273.